The summed E-state index contributed by atoms with van der Waals surface area (Å²) in [5.74, 6) is 2.64. The van der Waals surface area contributed by atoms with Crippen LogP contribution in [0, 0.1) is 24.7 Å². The van der Waals surface area contributed by atoms with Crippen LogP contribution in [0.5, 0.6) is 0 Å². The Balaban J connectivity index is 1.56. The topological polar surface area (TPSA) is 17.1 Å². The first-order chi connectivity index (χ1) is 8.72. The van der Waals surface area contributed by atoms with E-state index in [1.807, 2.05) is 24.3 Å². The number of benzene rings is 1. The van der Waals surface area contributed by atoms with E-state index < -0.39 is 0 Å². The standard InChI is InChI=1S/C17H20O/c1-12-2-5-14(6-3-12)17(18)9-8-16-11-13-4-7-15(16)10-13/h2-7,13,15-16H,8-11H2,1H3. The Bertz CT molecular complexity index is 469. The molecule has 0 saturated heterocycles. The van der Waals surface area contributed by atoms with Crippen LogP contribution < -0.4 is 0 Å². The van der Waals surface area contributed by atoms with Gasteiger partial charge in [-0.1, -0.05) is 42.0 Å². The molecule has 3 rings (SSSR count). The minimum atomic E-state index is 0.307. The number of hydrogen-bond donors (Lipinski definition) is 0. The second-order valence-electron chi connectivity index (χ2n) is 5.87. The third-order valence-electron chi connectivity index (χ3n) is 4.53. The Labute approximate surface area is 109 Å². The molecule has 3 atom stereocenters. The van der Waals surface area contributed by atoms with Gasteiger partial charge in [0.2, 0.25) is 0 Å². The zero-order valence-corrected chi connectivity index (χ0v) is 10.9. The smallest absolute Gasteiger partial charge is 0.162 e. The summed E-state index contributed by atoms with van der Waals surface area (Å²) in [6.07, 6.45) is 9.16. The highest BCUT2D eigenvalue weighted by molar-refractivity contribution is 5.96. The molecule has 0 radical (unpaired) electrons. The maximum atomic E-state index is 12.1. The van der Waals surface area contributed by atoms with Crippen molar-refractivity contribution in [1.29, 1.82) is 0 Å². The highest BCUT2D eigenvalue weighted by atomic mass is 16.1. The Morgan fingerprint density at radius 3 is 2.56 bits per heavy atom. The van der Waals surface area contributed by atoms with Crippen LogP contribution in [-0.2, 0) is 0 Å². The molecule has 0 spiro atoms. The molecule has 3 unspecified atom stereocenters. The van der Waals surface area contributed by atoms with Crippen molar-refractivity contribution < 1.29 is 4.79 Å². The van der Waals surface area contributed by atoms with Gasteiger partial charge < -0.3 is 0 Å². The van der Waals surface area contributed by atoms with Crippen LogP contribution in [-0.4, -0.2) is 5.78 Å². The van der Waals surface area contributed by atoms with E-state index in [2.05, 4.69) is 19.1 Å². The van der Waals surface area contributed by atoms with Crippen LogP contribution in [0.4, 0.5) is 0 Å². The van der Waals surface area contributed by atoms with Gasteiger partial charge in [-0.05, 0) is 43.9 Å². The highest BCUT2D eigenvalue weighted by Gasteiger charge is 2.35. The summed E-state index contributed by atoms with van der Waals surface area (Å²) in [4.78, 5) is 12.1. The second-order valence-corrected chi connectivity index (χ2v) is 5.87. The first-order valence-electron chi connectivity index (χ1n) is 7.00. The van der Waals surface area contributed by atoms with Gasteiger partial charge in [0.25, 0.3) is 0 Å². The minimum absolute atomic E-state index is 0.307. The molecule has 1 aromatic carbocycles. The van der Waals surface area contributed by atoms with Crippen LogP contribution in [0.25, 0.3) is 0 Å². The largest absolute Gasteiger partial charge is 0.294 e. The maximum absolute atomic E-state index is 12.1. The van der Waals surface area contributed by atoms with Crippen LogP contribution in [0.2, 0.25) is 0 Å². The molecule has 2 aliphatic carbocycles. The van der Waals surface area contributed by atoms with Gasteiger partial charge in [0.15, 0.2) is 5.78 Å². The van der Waals surface area contributed by atoms with E-state index >= 15 is 0 Å². The zero-order valence-electron chi connectivity index (χ0n) is 10.9. The molecule has 0 aromatic heterocycles. The van der Waals surface area contributed by atoms with Crippen molar-refractivity contribution in [2.24, 2.45) is 17.8 Å². The molecule has 1 aromatic rings. The van der Waals surface area contributed by atoms with Gasteiger partial charge in [-0.15, -0.1) is 0 Å². The van der Waals surface area contributed by atoms with Crippen molar-refractivity contribution >= 4 is 5.78 Å². The number of ketones is 1. The lowest BCUT2D eigenvalue weighted by atomic mass is 9.88. The molecule has 1 saturated carbocycles. The Kier molecular flexibility index (Phi) is 3.07. The number of carbonyl (C=O) groups is 1. The van der Waals surface area contributed by atoms with Crippen LogP contribution >= 0.6 is 0 Å². The summed E-state index contributed by atoms with van der Waals surface area (Å²) in [5, 5.41) is 0. The molecule has 0 heterocycles. The molecule has 18 heavy (non-hydrogen) atoms. The van der Waals surface area contributed by atoms with E-state index in [0.29, 0.717) is 12.2 Å². The first-order valence-corrected chi connectivity index (χ1v) is 7.00. The molecular formula is C17H20O. The van der Waals surface area contributed by atoms with Crippen LogP contribution in [0.3, 0.4) is 0 Å². The fourth-order valence-electron chi connectivity index (χ4n) is 3.43. The third kappa shape index (κ3) is 2.27. The lowest BCUT2D eigenvalue weighted by molar-refractivity contribution is 0.0971. The fourth-order valence-corrected chi connectivity index (χ4v) is 3.43. The molecule has 0 N–H and O–H groups in total. The number of fused-ring (bicyclic) bond motifs is 2. The van der Waals surface area contributed by atoms with Gasteiger partial charge in [0.1, 0.15) is 0 Å². The molecule has 1 nitrogen and oxygen atoms in total. The lowest BCUT2D eigenvalue weighted by Crippen LogP contribution is -2.10. The van der Waals surface area contributed by atoms with Gasteiger partial charge in [0.05, 0.1) is 0 Å². The molecule has 0 aliphatic heterocycles. The van der Waals surface area contributed by atoms with Crippen molar-refractivity contribution in [1.82, 2.24) is 0 Å². The summed E-state index contributed by atoms with van der Waals surface area (Å²) in [6.45, 7) is 2.05. The normalized spacial score (nSPS) is 28.8. The van der Waals surface area contributed by atoms with Crippen molar-refractivity contribution in [3.63, 3.8) is 0 Å². The Hall–Kier alpha value is -1.37. The van der Waals surface area contributed by atoms with E-state index in [-0.39, 0.29) is 0 Å². The van der Waals surface area contributed by atoms with E-state index in [0.717, 1.165) is 29.7 Å². The molecule has 1 heteroatoms. The zero-order chi connectivity index (χ0) is 12.5. The number of allylic oxidation sites excluding steroid dienone is 2. The van der Waals surface area contributed by atoms with Crippen molar-refractivity contribution in [2.45, 2.75) is 32.6 Å². The van der Waals surface area contributed by atoms with E-state index in [9.17, 15) is 4.79 Å². The Morgan fingerprint density at radius 1 is 1.17 bits per heavy atom. The van der Waals surface area contributed by atoms with Crippen molar-refractivity contribution in [3.05, 3.63) is 47.5 Å². The maximum Gasteiger partial charge on any atom is 0.162 e. The summed E-state index contributed by atoms with van der Waals surface area (Å²) in [5.41, 5.74) is 2.09. The summed E-state index contributed by atoms with van der Waals surface area (Å²) >= 11 is 0. The fraction of sp³-hybridized carbons (Fsp3) is 0.471. The molecule has 2 bridgehead atoms. The summed E-state index contributed by atoms with van der Waals surface area (Å²) in [6, 6.07) is 7.96. The highest BCUT2D eigenvalue weighted by Crippen LogP contribution is 2.45. The van der Waals surface area contributed by atoms with Gasteiger partial charge in [0, 0.05) is 12.0 Å². The number of carbonyl (C=O) groups excluding carboxylic acids is 1. The Morgan fingerprint density at radius 2 is 1.94 bits per heavy atom. The number of hydrogen-bond acceptors (Lipinski definition) is 1. The number of aryl methyl sites for hydroxylation is 1. The van der Waals surface area contributed by atoms with Gasteiger partial charge in [-0.25, -0.2) is 0 Å². The lowest BCUT2D eigenvalue weighted by Gasteiger charge is -2.17. The predicted molar refractivity (Wildman–Crippen MR) is 73.6 cm³/mol. The second kappa shape index (κ2) is 4.72. The minimum Gasteiger partial charge on any atom is -0.294 e. The van der Waals surface area contributed by atoms with E-state index in [1.54, 1.807) is 0 Å². The molecule has 94 valence electrons. The van der Waals surface area contributed by atoms with Crippen LogP contribution in [0.1, 0.15) is 41.6 Å². The quantitative estimate of drug-likeness (QED) is 0.570. The van der Waals surface area contributed by atoms with Gasteiger partial charge >= 0.3 is 0 Å². The molecule has 0 amide bonds. The van der Waals surface area contributed by atoms with Gasteiger partial charge in [-0.2, -0.15) is 0 Å². The van der Waals surface area contributed by atoms with Gasteiger partial charge in [-0.3, -0.25) is 4.79 Å². The van der Waals surface area contributed by atoms with Crippen LogP contribution in [0.15, 0.2) is 36.4 Å². The molecule has 1 fully saturated rings. The van der Waals surface area contributed by atoms with Crippen molar-refractivity contribution in [2.75, 3.05) is 0 Å². The molecular weight excluding hydrogens is 220 g/mol. The molecule has 2 aliphatic rings. The summed E-state index contributed by atoms with van der Waals surface area (Å²) < 4.78 is 0. The number of Topliss-reactive ketones (excluding diaryl/α,β-unsaturated/α-hetero) is 1. The van der Waals surface area contributed by atoms with E-state index in [1.165, 1.54) is 18.4 Å². The monoisotopic (exact) mass is 240 g/mol. The predicted octanol–water partition coefficient (Wildman–Crippen LogP) is 4.17. The first kappa shape index (κ1) is 11.7. The summed E-state index contributed by atoms with van der Waals surface area (Å²) in [7, 11) is 0. The number of rotatable bonds is 4. The van der Waals surface area contributed by atoms with Crippen molar-refractivity contribution in [3.8, 4) is 0 Å². The SMILES string of the molecule is Cc1ccc(C(=O)CCC2CC3C=CC2C3)cc1. The third-order valence-corrected chi connectivity index (χ3v) is 4.53. The van der Waals surface area contributed by atoms with E-state index in [4.69, 9.17) is 0 Å². The average molecular weight is 240 g/mol. The average Bonchev–Trinajstić information content (AvgIpc) is 2.99.